The van der Waals surface area contributed by atoms with E-state index in [2.05, 4.69) is 38.7 Å². The highest BCUT2D eigenvalue weighted by atomic mass is 19.1. The van der Waals surface area contributed by atoms with Crippen LogP contribution in [0.25, 0.3) is 11.4 Å². The first-order valence-corrected chi connectivity index (χ1v) is 12.9. The highest BCUT2D eigenvalue weighted by molar-refractivity contribution is 5.93. The van der Waals surface area contributed by atoms with Gasteiger partial charge in [0.05, 0.1) is 12.8 Å². The van der Waals surface area contributed by atoms with E-state index in [4.69, 9.17) is 9.47 Å². The number of H-pyrrole nitrogens is 1. The van der Waals surface area contributed by atoms with Crippen LogP contribution in [0, 0.1) is 11.7 Å². The van der Waals surface area contributed by atoms with E-state index in [1.807, 2.05) is 4.90 Å². The molecule has 1 aliphatic heterocycles. The molecule has 1 amide bonds. The summed E-state index contributed by atoms with van der Waals surface area (Å²) in [5.41, 5.74) is 1.51. The lowest BCUT2D eigenvalue weighted by atomic mass is 9.95. The number of rotatable bonds is 11. The molecule has 3 aromatic rings. The standard InChI is InChI=1S/C27H34FN5O5/c1-4-32(5-2)14-15-37-24-17-20(7-9-23(24)36-3)29-26(34)18-10-12-33(13-11-18)22-8-6-19(16-21(22)28)25-30-27(35)38-31-25/h6-9,16-18H,4-5,10-15H2,1-3H3,(H,29,34)(H,30,31,35). The average molecular weight is 528 g/mol. The zero-order valence-electron chi connectivity index (χ0n) is 22.0. The molecule has 4 rings (SSSR count). The van der Waals surface area contributed by atoms with Gasteiger partial charge in [-0.25, -0.2) is 9.18 Å². The molecule has 2 heterocycles. The van der Waals surface area contributed by atoms with Gasteiger partial charge in [-0.05, 0) is 56.3 Å². The summed E-state index contributed by atoms with van der Waals surface area (Å²) in [4.78, 5) is 30.8. The van der Waals surface area contributed by atoms with E-state index in [1.54, 1.807) is 37.4 Å². The molecule has 0 spiro atoms. The Hall–Kier alpha value is -3.86. The monoisotopic (exact) mass is 527 g/mol. The van der Waals surface area contributed by atoms with Crippen molar-refractivity contribution in [2.75, 3.05) is 56.7 Å². The van der Waals surface area contributed by atoms with Crippen LogP contribution in [0.15, 0.2) is 45.7 Å². The Morgan fingerprint density at radius 3 is 2.58 bits per heavy atom. The van der Waals surface area contributed by atoms with Crippen molar-refractivity contribution >= 4 is 17.3 Å². The quantitative estimate of drug-likeness (QED) is 0.388. The topological polar surface area (TPSA) is 113 Å². The van der Waals surface area contributed by atoms with Crippen LogP contribution in [0.1, 0.15) is 26.7 Å². The third kappa shape index (κ3) is 6.52. The number of ether oxygens (including phenoxy) is 2. The minimum Gasteiger partial charge on any atom is -0.493 e. The maximum atomic E-state index is 14.8. The van der Waals surface area contributed by atoms with Crippen LogP contribution >= 0.6 is 0 Å². The molecule has 1 fully saturated rings. The molecule has 0 atom stereocenters. The Balaban J connectivity index is 1.33. The molecule has 0 unspecified atom stereocenters. The van der Waals surface area contributed by atoms with Crippen molar-refractivity contribution in [3.05, 3.63) is 52.8 Å². The van der Waals surface area contributed by atoms with Crippen molar-refractivity contribution in [3.8, 4) is 22.9 Å². The molecule has 2 aromatic carbocycles. The lowest BCUT2D eigenvalue weighted by Gasteiger charge is -2.33. The van der Waals surface area contributed by atoms with E-state index in [9.17, 15) is 14.0 Å². The Morgan fingerprint density at radius 2 is 1.95 bits per heavy atom. The van der Waals surface area contributed by atoms with E-state index in [0.717, 1.165) is 19.6 Å². The van der Waals surface area contributed by atoms with Crippen LogP contribution in [0.2, 0.25) is 0 Å². The summed E-state index contributed by atoms with van der Waals surface area (Å²) >= 11 is 0. The van der Waals surface area contributed by atoms with Gasteiger partial charge in [0.25, 0.3) is 0 Å². The Bertz CT molecular complexity index is 1280. The summed E-state index contributed by atoms with van der Waals surface area (Å²) in [5, 5.41) is 6.59. The highest BCUT2D eigenvalue weighted by Gasteiger charge is 2.27. The van der Waals surface area contributed by atoms with E-state index >= 15 is 0 Å². The number of benzene rings is 2. The summed E-state index contributed by atoms with van der Waals surface area (Å²) < 4.78 is 30.7. The van der Waals surface area contributed by atoms with Crippen molar-refractivity contribution in [2.24, 2.45) is 5.92 Å². The number of hydrogen-bond acceptors (Lipinski definition) is 8. The number of nitrogens with zero attached hydrogens (tertiary/aromatic N) is 3. The summed E-state index contributed by atoms with van der Waals surface area (Å²) in [6, 6.07) is 10.0. The smallest absolute Gasteiger partial charge is 0.439 e. The minimum absolute atomic E-state index is 0.0743. The second kappa shape index (κ2) is 12.6. The maximum absolute atomic E-state index is 14.8. The van der Waals surface area contributed by atoms with Gasteiger partial charge in [0.2, 0.25) is 5.91 Å². The Labute approximate surface area is 220 Å². The molecule has 1 saturated heterocycles. The number of aromatic amines is 1. The minimum atomic E-state index is -0.696. The molecule has 2 N–H and O–H groups in total. The number of amides is 1. The number of piperidine rings is 1. The molecule has 0 aliphatic carbocycles. The number of carbonyl (C=O) groups excluding carboxylic acids is 1. The average Bonchev–Trinajstić information content (AvgIpc) is 3.37. The van der Waals surface area contributed by atoms with Crippen LogP contribution in [0.5, 0.6) is 11.5 Å². The van der Waals surface area contributed by atoms with Crippen LogP contribution in [0.3, 0.4) is 0 Å². The number of anilines is 2. The SMILES string of the molecule is CCN(CC)CCOc1cc(NC(=O)C2CCN(c3ccc(-c4noc(=O)[nH]4)cc3F)CC2)ccc1OC. The lowest BCUT2D eigenvalue weighted by molar-refractivity contribution is -0.120. The van der Waals surface area contributed by atoms with Gasteiger partial charge in [0, 0.05) is 42.9 Å². The largest absolute Gasteiger partial charge is 0.493 e. The Kier molecular flexibility index (Phi) is 9.01. The predicted molar refractivity (Wildman–Crippen MR) is 142 cm³/mol. The third-order valence-corrected chi connectivity index (χ3v) is 6.86. The predicted octanol–water partition coefficient (Wildman–Crippen LogP) is 3.75. The molecule has 0 bridgehead atoms. The van der Waals surface area contributed by atoms with Crippen molar-refractivity contribution in [2.45, 2.75) is 26.7 Å². The molecule has 204 valence electrons. The number of nitrogens with one attached hydrogen (secondary N) is 2. The van der Waals surface area contributed by atoms with Crippen molar-refractivity contribution in [1.29, 1.82) is 0 Å². The van der Waals surface area contributed by atoms with Crippen molar-refractivity contribution < 1.29 is 23.2 Å². The number of carbonyl (C=O) groups is 1. The van der Waals surface area contributed by atoms with Gasteiger partial charge < -0.3 is 24.6 Å². The molecular formula is C27H34FN5O5. The summed E-state index contributed by atoms with van der Waals surface area (Å²) in [6.07, 6.45) is 1.18. The first kappa shape index (κ1) is 27.2. The molecule has 0 saturated carbocycles. The summed E-state index contributed by atoms with van der Waals surface area (Å²) in [7, 11) is 1.59. The number of hydrogen-bond donors (Lipinski definition) is 2. The van der Waals surface area contributed by atoms with E-state index in [0.29, 0.717) is 61.0 Å². The van der Waals surface area contributed by atoms with Gasteiger partial charge in [-0.15, -0.1) is 0 Å². The normalized spacial score (nSPS) is 14.1. The van der Waals surface area contributed by atoms with E-state index in [1.165, 1.54) is 6.07 Å². The molecule has 0 radical (unpaired) electrons. The van der Waals surface area contributed by atoms with E-state index < -0.39 is 11.6 Å². The zero-order valence-corrected chi connectivity index (χ0v) is 22.0. The second-order valence-corrected chi connectivity index (χ2v) is 9.10. The van der Waals surface area contributed by atoms with Gasteiger partial charge in [0.1, 0.15) is 12.4 Å². The highest BCUT2D eigenvalue weighted by Crippen LogP contribution is 2.32. The number of halogens is 1. The first-order valence-electron chi connectivity index (χ1n) is 12.9. The fraction of sp³-hybridized carbons (Fsp3) is 0.444. The fourth-order valence-corrected chi connectivity index (χ4v) is 4.58. The molecule has 1 aromatic heterocycles. The summed E-state index contributed by atoms with van der Waals surface area (Å²) in [6.45, 7) is 8.53. The Morgan fingerprint density at radius 1 is 1.18 bits per heavy atom. The molecule has 38 heavy (non-hydrogen) atoms. The van der Waals surface area contributed by atoms with Gasteiger partial charge in [-0.2, -0.15) is 0 Å². The van der Waals surface area contributed by atoms with Crippen LogP contribution in [-0.4, -0.2) is 67.4 Å². The fourth-order valence-electron chi connectivity index (χ4n) is 4.58. The first-order chi connectivity index (χ1) is 18.4. The van der Waals surface area contributed by atoms with Crippen LogP contribution in [-0.2, 0) is 4.79 Å². The number of methoxy groups -OCH3 is 1. The van der Waals surface area contributed by atoms with Crippen LogP contribution in [0.4, 0.5) is 15.8 Å². The lowest BCUT2D eigenvalue weighted by Crippen LogP contribution is -2.38. The number of likely N-dealkylation sites (N-methyl/N-ethyl adjacent to an activating group) is 1. The molecular weight excluding hydrogens is 493 g/mol. The third-order valence-electron chi connectivity index (χ3n) is 6.86. The molecule has 1 aliphatic rings. The van der Waals surface area contributed by atoms with Gasteiger partial charge in [-0.1, -0.05) is 19.0 Å². The second-order valence-electron chi connectivity index (χ2n) is 9.10. The van der Waals surface area contributed by atoms with Crippen LogP contribution < -0.4 is 25.4 Å². The molecule has 11 heteroatoms. The van der Waals surface area contributed by atoms with Gasteiger partial charge >= 0.3 is 5.76 Å². The number of aromatic nitrogens is 2. The van der Waals surface area contributed by atoms with Gasteiger partial charge in [0.15, 0.2) is 17.3 Å². The molecule has 10 nitrogen and oxygen atoms in total. The van der Waals surface area contributed by atoms with Crippen molar-refractivity contribution in [1.82, 2.24) is 15.0 Å². The van der Waals surface area contributed by atoms with E-state index in [-0.39, 0.29) is 17.6 Å². The zero-order chi connectivity index (χ0) is 27.1. The van der Waals surface area contributed by atoms with Gasteiger partial charge in [-0.3, -0.25) is 14.3 Å². The van der Waals surface area contributed by atoms with Crippen molar-refractivity contribution in [3.63, 3.8) is 0 Å². The maximum Gasteiger partial charge on any atom is 0.439 e. The summed E-state index contributed by atoms with van der Waals surface area (Å²) in [5.74, 6) is -0.0244.